The molecule has 186 valence electrons. The van der Waals surface area contributed by atoms with Gasteiger partial charge in [0.1, 0.15) is 5.75 Å². The van der Waals surface area contributed by atoms with E-state index in [-0.39, 0.29) is 11.0 Å². The van der Waals surface area contributed by atoms with E-state index in [0.29, 0.717) is 50.1 Å². The van der Waals surface area contributed by atoms with E-state index >= 15 is 0 Å². The number of halogens is 1. The zero-order valence-corrected chi connectivity index (χ0v) is 21.6. The van der Waals surface area contributed by atoms with Gasteiger partial charge in [0.2, 0.25) is 10.0 Å². The van der Waals surface area contributed by atoms with Crippen molar-refractivity contribution in [3.05, 3.63) is 94.5 Å². The molecule has 0 spiro atoms. The van der Waals surface area contributed by atoms with Gasteiger partial charge in [-0.15, -0.1) is 0 Å². The number of piperazine rings is 1. The van der Waals surface area contributed by atoms with E-state index in [4.69, 9.17) is 21.1 Å². The minimum Gasteiger partial charge on any atom is -0.497 e. The highest BCUT2D eigenvalue weighted by molar-refractivity contribution is 7.89. The van der Waals surface area contributed by atoms with E-state index in [1.54, 1.807) is 28.6 Å². The Morgan fingerprint density at radius 1 is 0.943 bits per heavy atom. The van der Waals surface area contributed by atoms with Crippen molar-refractivity contribution in [2.45, 2.75) is 24.5 Å². The third-order valence-electron chi connectivity index (χ3n) is 6.21. The summed E-state index contributed by atoms with van der Waals surface area (Å²) < 4.78 is 39.4. The van der Waals surface area contributed by atoms with E-state index in [9.17, 15) is 8.42 Å². The predicted octanol–water partition coefficient (Wildman–Crippen LogP) is 4.92. The molecule has 1 fully saturated rings. The molecule has 0 N–H and O–H groups in total. The molecule has 1 saturated heterocycles. The van der Waals surface area contributed by atoms with Gasteiger partial charge in [-0.1, -0.05) is 59.6 Å². The summed E-state index contributed by atoms with van der Waals surface area (Å²) in [6.07, 6.45) is -0.158. The van der Waals surface area contributed by atoms with Crippen LogP contribution in [-0.2, 0) is 21.4 Å². The number of ether oxygens (including phenoxy) is 2. The normalized spacial score (nSPS) is 16.2. The van der Waals surface area contributed by atoms with Crippen molar-refractivity contribution in [1.29, 1.82) is 0 Å². The van der Waals surface area contributed by atoms with Crippen LogP contribution in [0.1, 0.15) is 22.8 Å². The lowest BCUT2D eigenvalue weighted by atomic mass is 10.1. The van der Waals surface area contributed by atoms with Crippen LogP contribution in [0.3, 0.4) is 0 Å². The van der Waals surface area contributed by atoms with E-state index in [1.807, 2.05) is 30.3 Å². The maximum atomic E-state index is 13.1. The zero-order valence-electron chi connectivity index (χ0n) is 20.1. The molecule has 1 atom stereocenters. The molecule has 1 unspecified atom stereocenters. The smallest absolute Gasteiger partial charge is 0.243 e. The molecule has 0 bridgehead atoms. The summed E-state index contributed by atoms with van der Waals surface area (Å²) in [5.41, 5.74) is 3.37. The molecule has 6 nitrogen and oxygen atoms in total. The monoisotopic (exact) mass is 514 g/mol. The van der Waals surface area contributed by atoms with E-state index in [0.717, 1.165) is 11.1 Å². The maximum absolute atomic E-state index is 13.1. The molecule has 1 heterocycles. The van der Waals surface area contributed by atoms with Gasteiger partial charge in [-0.2, -0.15) is 4.31 Å². The van der Waals surface area contributed by atoms with E-state index < -0.39 is 10.0 Å². The lowest BCUT2D eigenvalue weighted by Gasteiger charge is -2.36. The first-order valence-electron chi connectivity index (χ1n) is 11.6. The minimum atomic E-state index is -3.57. The van der Waals surface area contributed by atoms with Crippen molar-refractivity contribution in [2.75, 3.05) is 39.8 Å². The molecular formula is C27H31ClN2O4S. The van der Waals surface area contributed by atoms with Crippen LogP contribution in [0.2, 0.25) is 5.02 Å². The fraction of sp³-hybridized carbons (Fsp3) is 0.333. The number of nitrogens with zero attached hydrogens (tertiary/aromatic N) is 2. The highest BCUT2D eigenvalue weighted by atomic mass is 35.5. The highest BCUT2D eigenvalue weighted by Crippen LogP contribution is 2.25. The topological polar surface area (TPSA) is 59.1 Å². The number of methoxy groups -OCH3 is 1. The molecule has 1 aliphatic rings. The Kier molecular flexibility index (Phi) is 8.46. The van der Waals surface area contributed by atoms with Crippen LogP contribution in [0.15, 0.2) is 77.7 Å². The third kappa shape index (κ3) is 6.63. The number of aryl methyl sites for hydroxylation is 1. The third-order valence-corrected chi connectivity index (χ3v) is 8.36. The molecule has 3 aromatic carbocycles. The van der Waals surface area contributed by atoms with Gasteiger partial charge in [0.25, 0.3) is 0 Å². The Hall–Kier alpha value is -2.42. The Morgan fingerprint density at radius 3 is 2.34 bits per heavy atom. The lowest BCUT2D eigenvalue weighted by Crippen LogP contribution is -2.49. The van der Waals surface area contributed by atoms with Crippen molar-refractivity contribution in [2.24, 2.45) is 0 Å². The fourth-order valence-corrected chi connectivity index (χ4v) is 5.81. The van der Waals surface area contributed by atoms with Crippen LogP contribution < -0.4 is 4.74 Å². The summed E-state index contributed by atoms with van der Waals surface area (Å²) >= 11 is 6.11. The first-order chi connectivity index (χ1) is 16.8. The van der Waals surface area contributed by atoms with Gasteiger partial charge < -0.3 is 9.47 Å². The average molecular weight is 515 g/mol. The van der Waals surface area contributed by atoms with Crippen molar-refractivity contribution < 1.29 is 17.9 Å². The largest absolute Gasteiger partial charge is 0.497 e. The second-order valence-corrected chi connectivity index (χ2v) is 11.1. The van der Waals surface area contributed by atoms with Crippen LogP contribution in [-0.4, -0.2) is 57.5 Å². The van der Waals surface area contributed by atoms with Crippen LogP contribution in [0.5, 0.6) is 5.75 Å². The second kappa shape index (κ2) is 11.5. The van der Waals surface area contributed by atoms with E-state index in [2.05, 4.69) is 30.0 Å². The summed E-state index contributed by atoms with van der Waals surface area (Å²) in [5.74, 6) is 0.529. The summed E-state index contributed by atoms with van der Waals surface area (Å²) in [5, 5.41) is 0.683. The number of benzene rings is 3. The molecule has 0 aromatic heterocycles. The van der Waals surface area contributed by atoms with Crippen LogP contribution in [0.25, 0.3) is 0 Å². The summed E-state index contributed by atoms with van der Waals surface area (Å²) in [7, 11) is -2.04. The molecular weight excluding hydrogens is 484 g/mol. The van der Waals surface area contributed by atoms with E-state index in [1.165, 1.54) is 12.7 Å². The Labute approximate surface area is 213 Å². The first-order valence-corrected chi connectivity index (χ1v) is 13.5. The van der Waals surface area contributed by atoms with Gasteiger partial charge >= 0.3 is 0 Å². The first kappa shape index (κ1) is 25.7. The Balaban J connectivity index is 1.42. The average Bonchev–Trinajstić information content (AvgIpc) is 2.87. The molecule has 3 aromatic rings. The molecule has 0 amide bonds. The van der Waals surface area contributed by atoms with Crippen molar-refractivity contribution >= 4 is 21.6 Å². The zero-order chi connectivity index (χ0) is 24.8. The van der Waals surface area contributed by atoms with Crippen LogP contribution in [0.4, 0.5) is 0 Å². The molecule has 35 heavy (non-hydrogen) atoms. The van der Waals surface area contributed by atoms with Gasteiger partial charge in [-0.05, 0) is 42.3 Å². The van der Waals surface area contributed by atoms with Gasteiger partial charge in [-0.3, -0.25) is 4.90 Å². The molecule has 0 aliphatic carbocycles. The molecule has 0 radical (unpaired) electrons. The van der Waals surface area contributed by atoms with Gasteiger partial charge in [-0.25, -0.2) is 8.42 Å². The molecule has 1 aliphatic heterocycles. The predicted molar refractivity (Wildman–Crippen MR) is 138 cm³/mol. The number of hydrogen-bond donors (Lipinski definition) is 0. The number of rotatable bonds is 9. The summed E-state index contributed by atoms with van der Waals surface area (Å²) in [6.45, 7) is 5.33. The fourth-order valence-electron chi connectivity index (χ4n) is 4.23. The maximum Gasteiger partial charge on any atom is 0.243 e. The summed E-state index contributed by atoms with van der Waals surface area (Å²) in [6, 6.07) is 22.6. The van der Waals surface area contributed by atoms with Crippen LogP contribution >= 0.6 is 11.6 Å². The van der Waals surface area contributed by atoms with Gasteiger partial charge in [0, 0.05) is 43.8 Å². The van der Waals surface area contributed by atoms with Crippen molar-refractivity contribution in [1.82, 2.24) is 9.21 Å². The second-order valence-electron chi connectivity index (χ2n) is 8.72. The Bertz CT molecular complexity index is 1230. The van der Waals surface area contributed by atoms with Gasteiger partial charge in [0.05, 0.1) is 24.7 Å². The lowest BCUT2D eigenvalue weighted by molar-refractivity contribution is 0.00771. The van der Waals surface area contributed by atoms with Crippen LogP contribution in [0, 0.1) is 6.92 Å². The molecule has 8 heteroatoms. The minimum absolute atomic E-state index is 0.158. The number of hydrogen-bond acceptors (Lipinski definition) is 5. The quantitative estimate of drug-likeness (QED) is 0.405. The Morgan fingerprint density at radius 2 is 1.66 bits per heavy atom. The van der Waals surface area contributed by atoms with Crippen molar-refractivity contribution in [3.8, 4) is 5.75 Å². The van der Waals surface area contributed by atoms with Crippen molar-refractivity contribution in [3.63, 3.8) is 0 Å². The highest BCUT2D eigenvalue weighted by Gasteiger charge is 2.30. The number of sulfonamides is 1. The molecule has 4 rings (SSSR count). The summed E-state index contributed by atoms with van der Waals surface area (Å²) in [4.78, 5) is 2.51. The standard InChI is InChI=1S/C27H31ClN2O4S/c1-21-5-3-6-22(17-21)20-34-27(23-9-11-24(28)12-10-23)19-29-13-15-30(16-14-29)35(31,32)26-8-4-7-25(18-26)33-2/h3-12,17-18,27H,13-16,19-20H2,1-2H3. The van der Waals surface area contributed by atoms with Gasteiger partial charge in [0.15, 0.2) is 0 Å². The molecule has 0 saturated carbocycles. The SMILES string of the molecule is COc1cccc(S(=O)(=O)N2CCN(CC(OCc3cccc(C)c3)c3ccc(Cl)cc3)CC2)c1.